The topological polar surface area (TPSA) is 170 Å². The van der Waals surface area contributed by atoms with E-state index in [1.165, 1.54) is 28.9 Å². The van der Waals surface area contributed by atoms with Gasteiger partial charge < -0.3 is 26.1 Å². The molecule has 1 unspecified atom stereocenters. The van der Waals surface area contributed by atoms with Crippen LogP contribution in [0.3, 0.4) is 0 Å². The molecular weight excluding hydrogens is 514 g/mol. The Hall–Kier alpha value is -3.36. The molecule has 2 atom stereocenters. The Labute approximate surface area is 211 Å². The van der Waals surface area contributed by atoms with E-state index in [0.29, 0.717) is 23.2 Å². The van der Waals surface area contributed by atoms with Crippen LogP contribution in [0, 0.1) is 0 Å². The lowest BCUT2D eigenvalue weighted by Gasteiger charge is -2.50. The van der Waals surface area contributed by atoms with Crippen LogP contribution in [0.4, 0.5) is 5.13 Å². The van der Waals surface area contributed by atoms with Crippen molar-refractivity contribution in [1.82, 2.24) is 15.2 Å². The van der Waals surface area contributed by atoms with Crippen molar-refractivity contribution in [2.24, 2.45) is 7.05 Å². The number of anilines is 1. The molecule has 11 nitrogen and oxygen atoms in total. The predicted octanol–water partition coefficient (Wildman–Crippen LogP) is -0.786. The van der Waals surface area contributed by atoms with Gasteiger partial charge in [-0.25, -0.2) is 14.3 Å². The third-order valence-electron chi connectivity index (χ3n) is 5.20. The second kappa shape index (κ2) is 10.1. The van der Waals surface area contributed by atoms with Gasteiger partial charge in [0.1, 0.15) is 18.5 Å². The van der Waals surface area contributed by atoms with Crippen LogP contribution < -0.4 is 20.7 Å². The summed E-state index contributed by atoms with van der Waals surface area (Å²) in [4.78, 5) is 54.9. The first-order valence-electron chi connectivity index (χ1n) is 10.1. The number of carboxylic acids is 2. The van der Waals surface area contributed by atoms with Crippen molar-refractivity contribution in [3.63, 3.8) is 0 Å². The second-order valence-corrected chi connectivity index (χ2v) is 10.6. The van der Waals surface area contributed by atoms with Crippen LogP contribution in [0.2, 0.25) is 0 Å². The summed E-state index contributed by atoms with van der Waals surface area (Å²) >= 11 is 3.79. The van der Waals surface area contributed by atoms with Gasteiger partial charge in [-0.2, -0.15) is 0 Å². The fourth-order valence-corrected chi connectivity index (χ4v) is 6.48. The number of carbonyl (C=O) groups is 4. The molecule has 14 heteroatoms. The van der Waals surface area contributed by atoms with E-state index in [-0.39, 0.29) is 22.1 Å². The molecule has 0 radical (unpaired) electrons. The van der Waals surface area contributed by atoms with E-state index < -0.39 is 35.2 Å². The van der Waals surface area contributed by atoms with Crippen LogP contribution in [-0.2, 0) is 26.2 Å². The first-order chi connectivity index (χ1) is 16.7. The number of carboxylic acid groups (broad SMARTS) is 2. The van der Waals surface area contributed by atoms with Gasteiger partial charge in [-0.15, -0.1) is 34.9 Å². The molecule has 0 aromatic carbocycles. The van der Waals surface area contributed by atoms with Crippen LogP contribution in [0.15, 0.2) is 52.1 Å². The number of pyridine rings is 1. The average Bonchev–Trinajstić information content (AvgIpc) is 3.25. The maximum Gasteiger partial charge on any atom is 0.329 e. The van der Waals surface area contributed by atoms with Crippen molar-refractivity contribution < 1.29 is 34.0 Å². The smallest absolute Gasteiger partial charge is 0.329 e. The van der Waals surface area contributed by atoms with Gasteiger partial charge >= 0.3 is 5.97 Å². The number of thiazole rings is 1. The van der Waals surface area contributed by atoms with Gasteiger partial charge in [0.15, 0.2) is 17.5 Å². The molecule has 0 aliphatic carbocycles. The Bertz CT molecular complexity index is 1270. The van der Waals surface area contributed by atoms with Gasteiger partial charge in [0.25, 0.3) is 11.8 Å². The van der Waals surface area contributed by atoms with E-state index in [1.54, 1.807) is 0 Å². The van der Waals surface area contributed by atoms with Crippen molar-refractivity contribution >= 4 is 69.3 Å². The zero-order valence-corrected chi connectivity index (χ0v) is 20.6. The summed E-state index contributed by atoms with van der Waals surface area (Å²) in [5, 5.41) is 24.5. The monoisotopic (exact) mass is 533 g/mol. The average molecular weight is 534 g/mol. The highest BCUT2D eigenvalue weighted by atomic mass is 32.2. The highest BCUT2D eigenvalue weighted by Gasteiger charge is 2.53. The first-order valence-corrected chi connectivity index (χ1v) is 13.0. The van der Waals surface area contributed by atoms with Crippen LogP contribution in [0.1, 0.15) is 5.69 Å². The Morgan fingerprint density at radius 3 is 2.71 bits per heavy atom. The quantitative estimate of drug-likeness (QED) is 0.169. The number of nitrogens with two attached hydrogens (primary N) is 1. The van der Waals surface area contributed by atoms with Crippen LogP contribution in [0.25, 0.3) is 5.57 Å². The molecule has 0 bridgehead atoms. The zero-order chi connectivity index (χ0) is 25.3. The maximum absolute atomic E-state index is 12.9. The van der Waals surface area contributed by atoms with E-state index in [1.807, 2.05) is 36.1 Å². The molecule has 0 spiro atoms. The van der Waals surface area contributed by atoms with Crippen LogP contribution >= 0.6 is 34.9 Å². The highest BCUT2D eigenvalue weighted by Crippen LogP contribution is 2.41. The molecule has 4 heterocycles. The third-order valence-corrected chi connectivity index (χ3v) is 8.31. The maximum atomic E-state index is 12.9. The number of carbonyl (C=O) groups excluding carboxylic acids is 3. The number of amides is 2. The summed E-state index contributed by atoms with van der Waals surface area (Å²) < 4.78 is 1.88. The number of thioether (sulfide) groups is 2. The van der Waals surface area contributed by atoms with Crippen molar-refractivity contribution in [3.05, 3.63) is 52.9 Å². The minimum Gasteiger partial charge on any atom is -0.543 e. The van der Waals surface area contributed by atoms with E-state index in [0.717, 1.165) is 21.1 Å². The number of hydrogen-bond acceptors (Lipinski definition) is 10. The number of rotatable bonds is 8. The fraction of sp³-hybridized carbons (Fsp3) is 0.238. The number of nitrogens with zero attached hydrogens (tertiary/aromatic N) is 3. The molecule has 2 amide bonds. The van der Waals surface area contributed by atoms with Gasteiger partial charge in [-0.1, -0.05) is 0 Å². The Kier molecular flexibility index (Phi) is 7.14. The SMILES string of the molecule is C[n+]1ccc(SCC2=C(C(=O)[O-])N3C(=O)C(NC(=O)/C(=C/C(=O)O)c4csc(N)n4)[C@H]3SC2)cc1. The molecule has 2 aliphatic heterocycles. The Morgan fingerprint density at radius 1 is 1.40 bits per heavy atom. The molecule has 2 aromatic heterocycles. The number of aryl methyl sites for hydroxylation is 1. The van der Waals surface area contributed by atoms with Gasteiger partial charge in [0.05, 0.1) is 22.9 Å². The van der Waals surface area contributed by atoms with Gasteiger partial charge in [-0.05, 0) is 5.57 Å². The number of aliphatic carboxylic acids is 2. The van der Waals surface area contributed by atoms with E-state index in [9.17, 15) is 24.3 Å². The number of nitrogens with one attached hydrogen (secondary N) is 1. The molecular formula is C21H19N5O6S3. The zero-order valence-electron chi connectivity index (χ0n) is 18.2. The normalized spacial score (nSPS) is 19.7. The van der Waals surface area contributed by atoms with Crippen molar-refractivity contribution in [2.45, 2.75) is 16.3 Å². The fourth-order valence-electron chi connectivity index (χ4n) is 3.55. The van der Waals surface area contributed by atoms with E-state index >= 15 is 0 Å². The lowest BCUT2D eigenvalue weighted by molar-refractivity contribution is -0.671. The van der Waals surface area contributed by atoms with Crippen molar-refractivity contribution in [1.29, 1.82) is 0 Å². The third kappa shape index (κ3) is 5.18. The lowest BCUT2D eigenvalue weighted by atomic mass is 10.0. The Balaban J connectivity index is 1.50. The number of nitrogen functional groups attached to an aromatic ring is 1. The minimum atomic E-state index is -1.46. The molecule has 4 rings (SSSR count). The lowest BCUT2D eigenvalue weighted by Crippen LogP contribution is -2.71. The predicted molar refractivity (Wildman–Crippen MR) is 128 cm³/mol. The number of fused-ring (bicyclic) bond motifs is 1. The van der Waals surface area contributed by atoms with Crippen LogP contribution in [0.5, 0.6) is 0 Å². The Morgan fingerprint density at radius 2 is 2.11 bits per heavy atom. The highest BCUT2D eigenvalue weighted by molar-refractivity contribution is 8.01. The summed E-state index contributed by atoms with van der Waals surface area (Å²) in [5.74, 6) is -3.59. The largest absolute Gasteiger partial charge is 0.543 e. The summed E-state index contributed by atoms with van der Waals surface area (Å²) in [5.41, 5.74) is 5.75. The van der Waals surface area contributed by atoms with Gasteiger partial charge in [-0.3, -0.25) is 14.5 Å². The molecule has 2 aromatic rings. The molecule has 1 fully saturated rings. The van der Waals surface area contributed by atoms with Crippen LogP contribution in [-0.4, -0.2) is 61.7 Å². The minimum absolute atomic E-state index is 0.0662. The summed E-state index contributed by atoms with van der Waals surface area (Å²) in [6.07, 6.45) is 4.44. The molecule has 4 N–H and O–H groups in total. The second-order valence-electron chi connectivity index (χ2n) is 7.56. The number of aromatic nitrogens is 2. The number of hydrogen-bond donors (Lipinski definition) is 3. The standard InChI is InChI=1S/C21H19N5O6S3/c1-25-4-2-11(3-5-25)33-7-10-8-34-19-15(18(30)26(19)16(10)20(31)32)24-17(29)12(6-14(27)28)13-9-35-21(22)23-13/h2-6,9,15,19H,7-8H2,1H3,(H4-,22,23,24,27,28,29,31,32)/b12-6+/t15?,19-/m1/s1. The van der Waals surface area contributed by atoms with Gasteiger partial charge in [0, 0.05) is 40.0 Å². The molecule has 0 saturated carbocycles. The molecule has 182 valence electrons. The van der Waals surface area contributed by atoms with Crippen molar-refractivity contribution in [2.75, 3.05) is 17.2 Å². The van der Waals surface area contributed by atoms with E-state index in [2.05, 4.69) is 10.3 Å². The summed E-state index contributed by atoms with van der Waals surface area (Å²) in [7, 11) is 1.89. The molecule has 2 aliphatic rings. The summed E-state index contributed by atoms with van der Waals surface area (Å²) in [6.45, 7) is 0. The molecule has 1 saturated heterocycles. The first kappa shape index (κ1) is 24.8. The molecule has 35 heavy (non-hydrogen) atoms. The number of β-lactam (4-membered cyclic amide) rings is 1. The van der Waals surface area contributed by atoms with E-state index in [4.69, 9.17) is 10.8 Å². The summed E-state index contributed by atoms with van der Waals surface area (Å²) in [6, 6.07) is 2.78. The van der Waals surface area contributed by atoms with Gasteiger partial charge in [0.2, 0.25) is 0 Å². The van der Waals surface area contributed by atoms with Crippen molar-refractivity contribution in [3.8, 4) is 0 Å².